The van der Waals surface area contributed by atoms with Gasteiger partial charge in [0, 0.05) is 17.1 Å². The molecule has 2 aromatic rings. The molecule has 1 amide bonds. The highest BCUT2D eigenvalue weighted by Gasteiger charge is 2.20. The fourth-order valence-electron chi connectivity index (χ4n) is 2.80. The van der Waals surface area contributed by atoms with Gasteiger partial charge in [-0.05, 0) is 37.1 Å². The van der Waals surface area contributed by atoms with Gasteiger partial charge in [-0.25, -0.2) is 4.68 Å². The number of hydrogen-bond donors (Lipinski definition) is 1. The highest BCUT2D eigenvalue weighted by atomic mass is 79.9. The Morgan fingerprint density at radius 2 is 2.00 bits per heavy atom. The van der Waals surface area contributed by atoms with E-state index in [1.807, 2.05) is 26.0 Å². The van der Waals surface area contributed by atoms with Crippen LogP contribution in [0.15, 0.2) is 33.5 Å². The van der Waals surface area contributed by atoms with Crippen LogP contribution in [0.2, 0.25) is 0 Å². The van der Waals surface area contributed by atoms with E-state index in [1.54, 1.807) is 0 Å². The van der Waals surface area contributed by atoms with Crippen molar-refractivity contribution in [2.75, 3.05) is 13.2 Å². The van der Waals surface area contributed by atoms with Gasteiger partial charge in [0.2, 0.25) is 0 Å². The average Bonchev–Trinajstić information content (AvgIpc) is 2.66. The number of nitrogens with one attached hydrogen (secondary N) is 1. The molecule has 1 aromatic carbocycles. The number of ether oxygens (including phenoxy) is 2. The maximum atomic E-state index is 12.6. The average molecular weight is 436 g/mol. The molecule has 0 aliphatic carbocycles. The van der Waals surface area contributed by atoms with Gasteiger partial charge in [-0.15, -0.1) is 0 Å². The Morgan fingerprint density at radius 3 is 2.70 bits per heavy atom. The molecule has 144 valence electrons. The summed E-state index contributed by atoms with van der Waals surface area (Å²) in [5.41, 5.74) is 0.876. The van der Waals surface area contributed by atoms with Gasteiger partial charge < -0.3 is 14.8 Å². The monoisotopic (exact) mass is 435 g/mol. The number of carbonyl (C=O) groups excluding carboxylic acids is 1. The molecule has 1 aromatic heterocycles. The summed E-state index contributed by atoms with van der Waals surface area (Å²) in [6.07, 6.45) is 1.78. The maximum absolute atomic E-state index is 12.6. The molecule has 1 N–H and O–H groups in total. The lowest BCUT2D eigenvalue weighted by atomic mass is 10.1. The van der Waals surface area contributed by atoms with E-state index in [0.29, 0.717) is 31.3 Å². The summed E-state index contributed by atoms with van der Waals surface area (Å²) in [7, 11) is 0. The Kier molecular flexibility index (Phi) is 6.15. The Labute approximate surface area is 165 Å². The van der Waals surface area contributed by atoms with Crippen molar-refractivity contribution in [3.8, 4) is 11.5 Å². The number of halogens is 1. The Hall–Kier alpha value is -2.35. The molecule has 0 spiro atoms. The van der Waals surface area contributed by atoms with Gasteiger partial charge in [0.05, 0.1) is 6.04 Å². The predicted molar refractivity (Wildman–Crippen MR) is 104 cm³/mol. The number of aromatic nitrogens is 2. The number of unbranched alkanes of at least 4 members (excludes halogenated alkanes) is 1. The molecule has 0 saturated heterocycles. The number of hydrogen-bond acceptors (Lipinski definition) is 5. The van der Waals surface area contributed by atoms with E-state index < -0.39 is 0 Å². The van der Waals surface area contributed by atoms with Crippen molar-refractivity contribution < 1.29 is 14.3 Å². The second-order valence-electron chi connectivity index (χ2n) is 6.35. The molecule has 27 heavy (non-hydrogen) atoms. The number of carbonyl (C=O) groups is 1. The molecule has 3 rings (SSSR count). The second-order valence-corrected chi connectivity index (χ2v) is 7.20. The molecule has 1 aliphatic rings. The minimum absolute atomic E-state index is 0.206. The third kappa shape index (κ3) is 4.50. The number of amides is 1. The van der Waals surface area contributed by atoms with E-state index in [2.05, 4.69) is 26.3 Å². The highest BCUT2D eigenvalue weighted by molar-refractivity contribution is 9.10. The summed E-state index contributed by atoms with van der Waals surface area (Å²) in [6.45, 7) is 5.43. The zero-order valence-corrected chi connectivity index (χ0v) is 16.9. The van der Waals surface area contributed by atoms with Crippen LogP contribution in [0.25, 0.3) is 0 Å². The highest BCUT2D eigenvalue weighted by Crippen LogP contribution is 2.37. The molecule has 0 fully saturated rings. The van der Waals surface area contributed by atoms with Crippen LogP contribution in [0.1, 0.15) is 48.8 Å². The van der Waals surface area contributed by atoms with Crippen LogP contribution in [-0.4, -0.2) is 28.9 Å². The minimum Gasteiger partial charge on any atom is -0.486 e. The first-order chi connectivity index (χ1) is 13.0. The van der Waals surface area contributed by atoms with Gasteiger partial charge in [-0.2, -0.15) is 5.10 Å². The normalized spacial score (nSPS) is 13.9. The van der Waals surface area contributed by atoms with Crippen LogP contribution in [-0.2, 0) is 6.54 Å². The van der Waals surface area contributed by atoms with Gasteiger partial charge >= 0.3 is 0 Å². The third-order valence-electron chi connectivity index (χ3n) is 4.30. The quantitative estimate of drug-likeness (QED) is 0.753. The lowest BCUT2D eigenvalue weighted by molar-refractivity contribution is 0.0932. The molecule has 0 saturated carbocycles. The van der Waals surface area contributed by atoms with E-state index >= 15 is 0 Å². The molecule has 0 bridgehead atoms. The van der Waals surface area contributed by atoms with Crippen LogP contribution in [0.5, 0.6) is 11.5 Å². The van der Waals surface area contributed by atoms with Crippen molar-refractivity contribution in [3.05, 3.63) is 50.3 Å². The maximum Gasteiger partial charge on any atom is 0.272 e. The summed E-state index contributed by atoms with van der Waals surface area (Å²) in [5.74, 6) is 1.00. The topological polar surface area (TPSA) is 82.5 Å². The lowest BCUT2D eigenvalue weighted by Gasteiger charge is -2.22. The smallest absolute Gasteiger partial charge is 0.272 e. The van der Waals surface area contributed by atoms with Gasteiger partial charge in [-0.1, -0.05) is 29.3 Å². The Bertz CT molecular complexity index is 897. The molecule has 8 heteroatoms. The third-order valence-corrected chi connectivity index (χ3v) is 4.99. The number of aryl methyl sites for hydroxylation is 1. The van der Waals surface area contributed by atoms with E-state index in [0.717, 1.165) is 22.9 Å². The van der Waals surface area contributed by atoms with Crippen molar-refractivity contribution in [2.45, 2.75) is 39.3 Å². The SMILES string of the molecule is CCCCn1nc(C(=O)NC(C)c2cc3c(cc2Br)OCCO3)ccc1=O. The van der Waals surface area contributed by atoms with Crippen LogP contribution in [0.3, 0.4) is 0 Å². The van der Waals surface area contributed by atoms with Crippen molar-refractivity contribution in [3.63, 3.8) is 0 Å². The number of fused-ring (bicyclic) bond motifs is 1. The van der Waals surface area contributed by atoms with Crippen LogP contribution in [0, 0.1) is 0 Å². The number of nitrogens with zero attached hydrogens (tertiary/aromatic N) is 2. The predicted octanol–water partition coefficient (Wildman–Crippen LogP) is 3.07. The van der Waals surface area contributed by atoms with Crippen molar-refractivity contribution in [1.29, 1.82) is 0 Å². The van der Waals surface area contributed by atoms with Gasteiger partial charge in [0.1, 0.15) is 18.9 Å². The van der Waals surface area contributed by atoms with Crippen molar-refractivity contribution >= 4 is 21.8 Å². The Morgan fingerprint density at radius 1 is 1.30 bits per heavy atom. The fraction of sp³-hybridized carbons (Fsp3) is 0.421. The molecule has 1 unspecified atom stereocenters. The molecule has 2 heterocycles. The molecule has 0 radical (unpaired) electrons. The van der Waals surface area contributed by atoms with E-state index in [9.17, 15) is 9.59 Å². The van der Waals surface area contributed by atoms with Crippen LogP contribution < -0.4 is 20.3 Å². The van der Waals surface area contributed by atoms with Crippen molar-refractivity contribution in [1.82, 2.24) is 15.1 Å². The van der Waals surface area contributed by atoms with Gasteiger partial charge in [0.15, 0.2) is 11.5 Å². The summed E-state index contributed by atoms with van der Waals surface area (Å²) in [4.78, 5) is 24.5. The summed E-state index contributed by atoms with van der Waals surface area (Å²) in [6, 6.07) is 6.24. The molecule has 1 aliphatic heterocycles. The lowest BCUT2D eigenvalue weighted by Crippen LogP contribution is -2.31. The van der Waals surface area contributed by atoms with Crippen molar-refractivity contribution in [2.24, 2.45) is 0 Å². The van der Waals surface area contributed by atoms with E-state index in [4.69, 9.17) is 9.47 Å². The number of benzene rings is 1. The Balaban J connectivity index is 1.77. The molecule has 1 atom stereocenters. The fourth-order valence-corrected chi connectivity index (χ4v) is 3.46. The molecular formula is C19H22BrN3O4. The number of rotatable bonds is 6. The summed E-state index contributed by atoms with van der Waals surface area (Å²) < 4.78 is 13.3. The van der Waals surface area contributed by atoms with Gasteiger partial charge in [-0.3, -0.25) is 9.59 Å². The first-order valence-corrected chi connectivity index (χ1v) is 9.77. The van der Waals surface area contributed by atoms with Gasteiger partial charge in [0.25, 0.3) is 11.5 Å². The minimum atomic E-state index is -0.338. The summed E-state index contributed by atoms with van der Waals surface area (Å²) in [5, 5.41) is 7.10. The van der Waals surface area contributed by atoms with Crippen LogP contribution >= 0.6 is 15.9 Å². The summed E-state index contributed by atoms with van der Waals surface area (Å²) >= 11 is 3.52. The molecular weight excluding hydrogens is 414 g/mol. The van der Waals surface area contributed by atoms with E-state index in [1.165, 1.54) is 16.8 Å². The standard InChI is InChI=1S/C19H22BrN3O4/c1-3-4-7-23-18(24)6-5-15(22-23)19(25)21-12(2)13-10-16-17(11-14(13)20)27-9-8-26-16/h5-6,10-12H,3-4,7-9H2,1-2H3,(H,21,25). The zero-order valence-electron chi connectivity index (χ0n) is 15.3. The zero-order chi connectivity index (χ0) is 19.4. The first kappa shape index (κ1) is 19.4. The second kappa shape index (κ2) is 8.56. The van der Waals surface area contributed by atoms with E-state index in [-0.39, 0.29) is 23.2 Å². The largest absolute Gasteiger partial charge is 0.486 e. The first-order valence-electron chi connectivity index (χ1n) is 8.97. The molecule has 7 nitrogen and oxygen atoms in total. The van der Waals surface area contributed by atoms with Crippen LogP contribution in [0.4, 0.5) is 0 Å².